The maximum absolute atomic E-state index is 12.9. The van der Waals surface area contributed by atoms with E-state index in [1.54, 1.807) is 5.06 Å². The lowest BCUT2D eigenvalue weighted by Gasteiger charge is -2.60. The standard InChI is InChI=1S/C20H22F3NO2/c1-18(2,3)24-17(14-9-11-16(12-10-14)20(21,22)23)19(13-25,26-24)15-7-5-4-6-8-15/h4-12,17,25H,13H2,1-3H3/t17-,19+/m0/s1. The molecular formula is C20H22F3NO2. The summed E-state index contributed by atoms with van der Waals surface area (Å²) < 4.78 is 38.7. The molecule has 0 unspecified atom stereocenters. The summed E-state index contributed by atoms with van der Waals surface area (Å²) in [4.78, 5) is 6.05. The fraction of sp³-hybridized carbons (Fsp3) is 0.400. The number of hydrogen-bond acceptors (Lipinski definition) is 3. The molecule has 1 aliphatic heterocycles. The van der Waals surface area contributed by atoms with Crippen LogP contribution in [0.1, 0.15) is 43.5 Å². The second-order valence-corrected chi connectivity index (χ2v) is 7.52. The summed E-state index contributed by atoms with van der Waals surface area (Å²) in [5, 5.41) is 11.9. The largest absolute Gasteiger partial charge is 0.416 e. The molecule has 2 atom stereocenters. The van der Waals surface area contributed by atoms with Crippen LogP contribution in [0.15, 0.2) is 54.6 Å². The molecule has 26 heavy (non-hydrogen) atoms. The number of aliphatic hydroxyl groups excluding tert-OH is 1. The Labute approximate surface area is 151 Å². The summed E-state index contributed by atoms with van der Waals surface area (Å²) in [6, 6.07) is 13.9. The van der Waals surface area contributed by atoms with Gasteiger partial charge in [-0.25, -0.2) is 0 Å². The molecule has 1 heterocycles. The Morgan fingerprint density at radius 3 is 2.04 bits per heavy atom. The van der Waals surface area contributed by atoms with Gasteiger partial charge in [-0.3, -0.25) is 4.84 Å². The molecule has 0 saturated carbocycles. The molecule has 2 aromatic rings. The number of nitrogens with zero attached hydrogens (tertiary/aromatic N) is 1. The van der Waals surface area contributed by atoms with Gasteiger partial charge in [0, 0.05) is 5.54 Å². The molecule has 1 saturated heterocycles. The van der Waals surface area contributed by atoms with Gasteiger partial charge >= 0.3 is 6.18 Å². The van der Waals surface area contributed by atoms with Crippen LogP contribution in [0.3, 0.4) is 0 Å². The number of rotatable bonds is 3. The molecule has 1 N–H and O–H groups in total. The molecule has 0 radical (unpaired) electrons. The van der Waals surface area contributed by atoms with Crippen molar-refractivity contribution in [3.63, 3.8) is 0 Å². The van der Waals surface area contributed by atoms with Gasteiger partial charge in [-0.15, -0.1) is 0 Å². The monoisotopic (exact) mass is 365 g/mol. The average Bonchev–Trinajstić information content (AvgIpc) is 2.54. The molecule has 0 amide bonds. The number of benzene rings is 2. The van der Waals surface area contributed by atoms with E-state index in [4.69, 9.17) is 4.84 Å². The first-order chi connectivity index (χ1) is 12.1. The Kier molecular flexibility index (Phi) is 4.63. The molecule has 1 aliphatic rings. The third-order valence-corrected chi connectivity index (χ3v) is 4.65. The minimum absolute atomic E-state index is 0.282. The molecule has 1 fully saturated rings. The Morgan fingerprint density at radius 1 is 1.00 bits per heavy atom. The number of hydroxylamine groups is 2. The van der Waals surface area contributed by atoms with Crippen molar-refractivity contribution in [1.29, 1.82) is 0 Å². The lowest BCUT2D eigenvalue weighted by Crippen LogP contribution is -2.66. The third kappa shape index (κ3) is 3.13. The maximum atomic E-state index is 12.9. The van der Waals surface area contributed by atoms with Crippen molar-refractivity contribution >= 4 is 0 Å². The highest BCUT2D eigenvalue weighted by atomic mass is 19.4. The van der Waals surface area contributed by atoms with Gasteiger partial charge in [0.05, 0.1) is 18.2 Å². The lowest BCUT2D eigenvalue weighted by atomic mass is 9.78. The summed E-state index contributed by atoms with van der Waals surface area (Å²) in [7, 11) is 0. The fourth-order valence-corrected chi connectivity index (χ4v) is 3.34. The van der Waals surface area contributed by atoms with E-state index >= 15 is 0 Å². The van der Waals surface area contributed by atoms with Crippen LogP contribution in [-0.2, 0) is 16.6 Å². The zero-order chi connectivity index (χ0) is 19.2. The first-order valence-electron chi connectivity index (χ1n) is 8.41. The predicted octanol–water partition coefficient (Wildman–Crippen LogP) is 4.68. The molecule has 2 aromatic carbocycles. The van der Waals surface area contributed by atoms with E-state index in [0.29, 0.717) is 5.56 Å². The maximum Gasteiger partial charge on any atom is 0.416 e. The summed E-state index contributed by atoms with van der Waals surface area (Å²) in [6.45, 7) is 5.58. The van der Waals surface area contributed by atoms with Gasteiger partial charge in [0.2, 0.25) is 0 Å². The van der Waals surface area contributed by atoms with Gasteiger partial charge in [-0.1, -0.05) is 42.5 Å². The van der Waals surface area contributed by atoms with E-state index in [1.807, 2.05) is 51.1 Å². The van der Waals surface area contributed by atoms with Crippen LogP contribution in [0.2, 0.25) is 0 Å². The molecule has 3 rings (SSSR count). The molecule has 3 nitrogen and oxygen atoms in total. The first kappa shape index (κ1) is 18.9. The van der Waals surface area contributed by atoms with Crippen molar-refractivity contribution in [2.75, 3.05) is 6.61 Å². The molecule has 6 heteroatoms. The minimum Gasteiger partial charge on any atom is -0.393 e. The van der Waals surface area contributed by atoms with E-state index in [2.05, 4.69) is 0 Å². The van der Waals surface area contributed by atoms with Crippen molar-refractivity contribution in [1.82, 2.24) is 5.06 Å². The second kappa shape index (κ2) is 6.37. The zero-order valence-corrected chi connectivity index (χ0v) is 14.9. The van der Waals surface area contributed by atoms with Gasteiger partial charge in [-0.05, 0) is 44.0 Å². The van der Waals surface area contributed by atoms with Gasteiger partial charge < -0.3 is 5.11 Å². The SMILES string of the molecule is CC(C)(C)N1O[C@](CO)(c2ccccc2)[C@@H]1c1ccc(C(F)(F)F)cc1. The fourth-order valence-electron chi connectivity index (χ4n) is 3.34. The second-order valence-electron chi connectivity index (χ2n) is 7.52. The summed E-state index contributed by atoms with van der Waals surface area (Å²) in [6.07, 6.45) is -4.38. The van der Waals surface area contributed by atoms with Gasteiger partial charge in [0.25, 0.3) is 0 Å². The Morgan fingerprint density at radius 2 is 1.58 bits per heavy atom. The quantitative estimate of drug-likeness (QED) is 0.857. The Hall–Kier alpha value is -1.89. The highest BCUT2D eigenvalue weighted by Crippen LogP contribution is 2.54. The average molecular weight is 365 g/mol. The van der Waals surface area contributed by atoms with Crippen LogP contribution < -0.4 is 0 Å². The van der Waals surface area contributed by atoms with E-state index in [-0.39, 0.29) is 12.1 Å². The van der Waals surface area contributed by atoms with Gasteiger partial charge in [-0.2, -0.15) is 18.2 Å². The Bertz CT molecular complexity index is 753. The molecule has 140 valence electrons. The van der Waals surface area contributed by atoms with Gasteiger partial charge in [0.15, 0.2) is 5.60 Å². The van der Waals surface area contributed by atoms with E-state index in [1.165, 1.54) is 12.1 Å². The lowest BCUT2D eigenvalue weighted by molar-refractivity contribution is -0.440. The predicted molar refractivity (Wildman–Crippen MR) is 92.1 cm³/mol. The van der Waals surface area contributed by atoms with Crippen molar-refractivity contribution in [2.45, 2.75) is 44.1 Å². The van der Waals surface area contributed by atoms with E-state index in [9.17, 15) is 18.3 Å². The van der Waals surface area contributed by atoms with E-state index < -0.39 is 23.4 Å². The van der Waals surface area contributed by atoms with Crippen molar-refractivity contribution in [2.24, 2.45) is 0 Å². The van der Waals surface area contributed by atoms with Gasteiger partial charge in [0.1, 0.15) is 0 Å². The normalized spacial score (nSPS) is 24.3. The molecule has 0 aliphatic carbocycles. The van der Waals surface area contributed by atoms with Crippen LogP contribution in [-0.4, -0.2) is 22.3 Å². The van der Waals surface area contributed by atoms with Crippen LogP contribution in [0.4, 0.5) is 13.2 Å². The van der Waals surface area contributed by atoms with Crippen molar-refractivity contribution < 1.29 is 23.1 Å². The first-order valence-corrected chi connectivity index (χ1v) is 8.41. The highest BCUT2D eigenvalue weighted by molar-refractivity contribution is 5.36. The molecular weight excluding hydrogens is 343 g/mol. The molecule has 0 bridgehead atoms. The molecule has 0 aromatic heterocycles. The topological polar surface area (TPSA) is 32.7 Å². The summed E-state index contributed by atoms with van der Waals surface area (Å²) in [5.41, 5.74) is -0.655. The van der Waals surface area contributed by atoms with E-state index in [0.717, 1.165) is 17.7 Å². The van der Waals surface area contributed by atoms with Crippen LogP contribution in [0.25, 0.3) is 0 Å². The van der Waals surface area contributed by atoms with Crippen LogP contribution in [0.5, 0.6) is 0 Å². The molecule has 0 spiro atoms. The number of alkyl halides is 3. The van der Waals surface area contributed by atoms with Crippen molar-refractivity contribution in [3.8, 4) is 0 Å². The smallest absolute Gasteiger partial charge is 0.393 e. The van der Waals surface area contributed by atoms with Crippen LogP contribution in [0, 0.1) is 0 Å². The third-order valence-electron chi connectivity index (χ3n) is 4.65. The van der Waals surface area contributed by atoms with Crippen molar-refractivity contribution in [3.05, 3.63) is 71.3 Å². The summed E-state index contributed by atoms with van der Waals surface area (Å²) >= 11 is 0. The highest BCUT2D eigenvalue weighted by Gasteiger charge is 2.59. The van der Waals surface area contributed by atoms with Crippen LogP contribution >= 0.6 is 0 Å². The summed E-state index contributed by atoms with van der Waals surface area (Å²) in [5.74, 6) is 0. The zero-order valence-electron chi connectivity index (χ0n) is 14.9. The number of halogens is 3. The number of aliphatic hydroxyl groups is 1. The Balaban J connectivity index is 2.05. The number of hydrogen-bond donors (Lipinski definition) is 1. The minimum atomic E-state index is -4.38.